The minimum absolute atomic E-state index is 0.254. The van der Waals surface area contributed by atoms with Crippen LogP contribution in [0.15, 0.2) is 24.3 Å². The number of para-hydroxylation sites is 1. The lowest BCUT2D eigenvalue weighted by atomic mass is 9.92. The van der Waals surface area contributed by atoms with E-state index in [1.54, 1.807) is 7.11 Å². The van der Waals surface area contributed by atoms with Crippen LogP contribution in [0.5, 0.6) is 5.75 Å². The van der Waals surface area contributed by atoms with Crippen LogP contribution >= 0.6 is 0 Å². The Morgan fingerprint density at radius 1 is 1.38 bits per heavy atom. The van der Waals surface area contributed by atoms with Crippen LogP contribution in [0.3, 0.4) is 0 Å². The molecule has 16 heavy (non-hydrogen) atoms. The lowest BCUT2D eigenvalue weighted by Gasteiger charge is -2.20. The smallest absolute Gasteiger partial charge is 0.122 e. The van der Waals surface area contributed by atoms with Crippen LogP contribution in [-0.2, 0) is 6.42 Å². The molecule has 2 heteroatoms. The SMILES string of the molecule is COc1ccccc1CC(N)C(C)C1CC1. The predicted octanol–water partition coefficient (Wildman–Crippen LogP) is 2.61. The molecule has 0 radical (unpaired) electrons. The van der Waals surface area contributed by atoms with Gasteiger partial charge in [-0.25, -0.2) is 0 Å². The van der Waals surface area contributed by atoms with Gasteiger partial charge in [0.15, 0.2) is 0 Å². The van der Waals surface area contributed by atoms with Gasteiger partial charge in [-0.3, -0.25) is 0 Å². The average molecular weight is 219 g/mol. The molecule has 88 valence electrons. The molecule has 1 aliphatic rings. The predicted molar refractivity (Wildman–Crippen MR) is 66.6 cm³/mol. The van der Waals surface area contributed by atoms with Crippen LogP contribution in [0.1, 0.15) is 25.3 Å². The molecule has 0 spiro atoms. The normalized spacial score (nSPS) is 19.2. The highest BCUT2D eigenvalue weighted by molar-refractivity contribution is 5.33. The minimum atomic E-state index is 0.254. The van der Waals surface area contributed by atoms with Crippen LogP contribution in [-0.4, -0.2) is 13.2 Å². The van der Waals surface area contributed by atoms with E-state index in [9.17, 15) is 0 Å². The van der Waals surface area contributed by atoms with E-state index in [1.807, 2.05) is 18.2 Å². The summed E-state index contributed by atoms with van der Waals surface area (Å²) in [6.45, 7) is 2.28. The van der Waals surface area contributed by atoms with Crippen molar-refractivity contribution in [2.45, 2.75) is 32.2 Å². The monoisotopic (exact) mass is 219 g/mol. The molecule has 0 bridgehead atoms. The quantitative estimate of drug-likeness (QED) is 0.826. The average Bonchev–Trinajstić information content (AvgIpc) is 3.12. The van der Waals surface area contributed by atoms with Crippen LogP contribution in [0.25, 0.3) is 0 Å². The molecule has 0 aliphatic heterocycles. The van der Waals surface area contributed by atoms with Crippen molar-refractivity contribution in [3.63, 3.8) is 0 Å². The van der Waals surface area contributed by atoms with Gasteiger partial charge in [0, 0.05) is 6.04 Å². The summed E-state index contributed by atoms with van der Waals surface area (Å²) in [5.41, 5.74) is 7.49. The van der Waals surface area contributed by atoms with Gasteiger partial charge in [0.05, 0.1) is 7.11 Å². The Morgan fingerprint density at radius 3 is 2.69 bits per heavy atom. The van der Waals surface area contributed by atoms with Gasteiger partial charge in [-0.2, -0.15) is 0 Å². The van der Waals surface area contributed by atoms with E-state index >= 15 is 0 Å². The Morgan fingerprint density at radius 2 is 2.06 bits per heavy atom. The summed E-state index contributed by atoms with van der Waals surface area (Å²) < 4.78 is 5.35. The first-order valence-corrected chi connectivity index (χ1v) is 6.10. The summed E-state index contributed by atoms with van der Waals surface area (Å²) in [5, 5.41) is 0. The van der Waals surface area contributed by atoms with Crippen molar-refractivity contribution < 1.29 is 4.74 Å². The van der Waals surface area contributed by atoms with Gasteiger partial charge in [-0.15, -0.1) is 0 Å². The van der Waals surface area contributed by atoms with Crippen molar-refractivity contribution >= 4 is 0 Å². The molecule has 1 aliphatic carbocycles. The Labute approximate surface area is 97.8 Å². The molecule has 0 saturated heterocycles. The number of nitrogens with two attached hydrogens (primary N) is 1. The number of ether oxygens (including phenoxy) is 1. The van der Waals surface area contributed by atoms with E-state index in [4.69, 9.17) is 10.5 Å². The number of rotatable bonds is 5. The van der Waals surface area contributed by atoms with Crippen molar-refractivity contribution in [1.82, 2.24) is 0 Å². The topological polar surface area (TPSA) is 35.2 Å². The third-order valence-corrected chi connectivity index (χ3v) is 3.69. The molecular weight excluding hydrogens is 198 g/mol. The van der Waals surface area contributed by atoms with Crippen LogP contribution < -0.4 is 10.5 Å². The molecule has 2 N–H and O–H groups in total. The Bertz CT molecular complexity index is 346. The second-order valence-electron chi connectivity index (χ2n) is 4.88. The number of hydrogen-bond acceptors (Lipinski definition) is 2. The summed E-state index contributed by atoms with van der Waals surface area (Å²) in [5.74, 6) is 2.45. The van der Waals surface area contributed by atoms with E-state index in [1.165, 1.54) is 18.4 Å². The fourth-order valence-electron chi connectivity index (χ4n) is 2.28. The Hall–Kier alpha value is -1.02. The molecule has 0 amide bonds. The first kappa shape index (κ1) is 11.5. The molecule has 2 nitrogen and oxygen atoms in total. The van der Waals surface area contributed by atoms with E-state index in [2.05, 4.69) is 13.0 Å². The Balaban J connectivity index is 2.01. The summed E-state index contributed by atoms with van der Waals surface area (Å²) in [6, 6.07) is 8.41. The summed E-state index contributed by atoms with van der Waals surface area (Å²) >= 11 is 0. The lowest BCUT2D eigenvalue weighted by molar-refractivity contribution is 0.385. The van der Waals surface area contributed by atoms with Gasteiger partial charge < -0.3 is 10.5 Å². The summed E-state index contributed by atoms with van der Waals surface area (Å²) in [7, 11) is 1.72. The minimum Gasteiger partial charge on any atom is -0.496 e. The number of benzene rings is 1. The second kappa shape index (κ2) is 4.88. The van der Waals surface area contributed by atoms with Gasteiger partial charge in [0.25, 0.3) is 0 Å². The molecule has 2 unspecified atom stereocenters. The standard InChI is InChI=1S/C14H21NO/c1-10(11-7-8-11)13(15)9-12-5-3-4-6-14(12)16-2/h3-6,10-11,13H,7-9,15H2,1-2H3. The molecule has 1 saturated carbocycles. The maximum absolute atomic E-state index is 6.26. The molecule has 1 aromatic carbocycles. The molecular formula is C14H21NO. The van der Waals surface area contributed by atoms with E-state index in [0.717, 1.165) is 18.1 Å². The van der Waals surface area contributed by atoms with Crippen LogP contribution in [0, 0.1) is 11.8 Å². The molecule has 0 aromatic heterocycles. The summed E-state index contributed by atoms with van der Waals surface area (Å²) in [4.78, 5) is 0. The van der Waals surface area contributed by atoms with Gasteiger partial charge in [-0.1, -0.05) is 25.1 Å². The van der Waals surface area contributed by atoms with Gasteiger partial charge in [0.1, 0.15) is 5.75 Å². The first-order valence-electron chi connectivity index (χ1n) is 6.10. The van der Waals surface area contributed by atoms with Crippen molar-refractivity contribution in [2.75, 3.05) is 7.11 Å². The fraction of sp³-hybridized carbons (Fsp3) is 0.571. The zero-order chi connectivity index (χ0) is 11.5. The van der Waals surface area contributed by atoms with Crippen LogP contribution in [0.2, 0.25) is 0 Å². The second-order valence-corrected chi connectivity index (χ2v) is 4.88. The number of methoxy groups -OCH3 is 1. The van der Waals surface area contributed by atoms with Crippen molar-refractivity contribution in [3.05, 3.63) is 29.8 Å². The number of hydrogen-bond donors (Lipinski definition) is 1. The van der Waals surface area contributed by atoms with Crippen molar-refractivity contribution in [2.24, 2.45) is 17.6 Å². The molecule has 1 fully saturated rings. The maximum Gasteiger partial charge on any atom is 0.122 e. The third-order valence-electron chi connectivity index (χ3n) is 3.69. The molecule has 2 rings (SSSR count). The van der Waals surface area contributed by atoms with E-state index in [0.29, 0.717) is 5.92 Å². The third kappa shape index (κ3) is 2.56. The zero-order valence-corrected chi connectivity index (χ0v) is 10.1. The Kier molecular flexibility index (Phi) is 3.49. The highest BCUT2D eigenvalue weighted by atomic mass is 16.5. The molecule has 1 aromatic rings. The highest BCUT2D eigenvalue weighted by Crippen LogP contribution is 2.38. The van der Waals surface area contributed by atoms with E-state index < -0.39 is 0 Å². The van der Waals surface area contributed by atoms with Crippen molar-refractivity contribution in [1.29, 1.82) is 0 Å². The first-order chi connectivity index (χ1) is 7.72. The molecule has 0 heterocycles. The van der Waals surface area contributed by atoms with Gasteiger partial charge in [0.2, 0.25) is 0 Å². The maximum atomic E-state index is 6.26. The fourth-order valence-corrected chi connectivity index (χ4v) is 2.28. The van der Waals surface area contributed by atoms with E-state index in [-0.39, 0.29) is 6.04 Å². The zero-order valence-electron chi connectivity index (χ0n) is 10.1. The lowest BCUT2D eigenvalue weighted by Crippen LogP contribution is -2.31. The van der Waals surface area contributed by atoms with Gasteiger partial charge in [-0.05, 0) is 42.7 Å². The highest BCUT2D eigenvalue weighted by Gasteiger charge is 2.31. The van der Waals surface area contributed by atoms with Crippen LogP contribution in [0.4, 0.5) is 0 Å². The van der Waals surface area contributed by atoms with Crippen molar-refractivity contribution in [3.8, 4) is 5.75 Å². The molecule has 2 atom stereocenters. The summed E-state index contributed by atoms with van der Waals surface area (Å²) in [6.07, 6.45) is 3.64. The largest absolute Gasteiger partial charge is 0.496 e. The van der Waals surface area contributed by atoms with Gasteiger partial charge >= 0.3 is 0 Å².